The Bertz CT molecular complexity index is 1210. The van der Waals surface area contributed by atoms with Crippen LogP contribution in [0.15, 0.2) is 54.6 Å². The highest BCUT2D eigenvalue weighted by Gasteiger charge is 2.27. The molecule has 1 amide bonds. The molecule has 1 saturated heterocycles. The summed E-state index contributed by atoms with van der Waals surface area (Å²) in [5.74, 6) is 1.83. The van der Waals surface area contributed by atoms with E-state index in [1.807, 2.05) is 55.6 Å². The van der Waals surface area contributed by atoms with E-state index in [-0.39, 0.29) is 46.2 Å². The minimum atomic E-state index is -0.184. The lowest BCUT2D eigenvalue weighted by Gasteiger charge is -2.32. The number of amides is 1. The number of halogens is 2. The van der Waals surface area contributed by atoms with E-state index < -0.39 is 0 Å². The van der Waals surface area contributed by atoms with Gasteiger partial charge in [0.05, 0.1) is 29.8 Å². The first-order valence-corrected chi connectivity index (χ1v) is 12.7. The molecule has 0 spiro atoms. The summed E-state index contributed by atoms with van der Waals surface area (Å²) in [6.45, 7) is 3.24. The molecule has 0 aliphatic carbocycles. The Morgan fingerprint density at radius 2 is 1.27 bits per heavy atom. The van der Waals surface area contributed by atoms with Crippen molar-refractivity contribution in [3.63, 3.8) is 0 Å². The monoisotopic (exact) mass is 544 g/mol. The smallest absolute Gasteiger partial charge is 0.255 e. The van der Waals surface area contributed by atoms with Crippen LogP contribution in [0.2, 0.25) is 10.0 Å². The Morgan fingerprint density at radius 3 is 1.76 bits per heavy atom. The normalized spacial score (nSPS) is 13.8. The third-order valence-corrected chi connectivity index (χ3v) is 6.89. The van der Waals surface area contributed by atoms with Crippen LogP contribution in [0, 0.1) is 0 Å². The van der Waals surface area contributed by atoms with Crippen molar-refractivity contribution in [2.75, 3.05) is 47.4 Å². The summed E-state index contributed by atoms with van der Waals surface area (Å²) >= 11 is 13.5. The maximum Gasteiger partial charge on any atom is 0.255 e. The first kappa shape index (κ1) is 26.9. The molecule has 0 atom stereocenters. The zero-order valence-electron chi connectivity index (χ0n) is 21.1. The molecule has 9 heteroatoms. The van der Waals surface area contributed by atoms with Crippen molar-refractivity contribution in [2.45, 2.75) is 13.2 Å². The number of rotatable bonds is 9. The van der Waals surface area contributed by atoms with Crippen molar-refractivity contribution in [2.24, 2.45) is 0 Å². The van der Waals surface area contributed by atoms with Gasteiger partial charge in [-0.2, -0.15) is 0 Å². The Morgan fingerprint density at radius 1 is 0.784 bits per heavy atom. The summed E-state index contributed by atoms with van der Waals surface area (Å²) in [7, 11) is 5.26. The highest BCUT2D eigenvalue weighted by molar-refractivity contribution is 6.38. The third-order valence-electron chi connectivity index (χ3n) is 6.24. The molecule has 1 heterocycles. The number of benzene rings is 3. The van der Waals surface area contributed by atoms with E-state index >= 15 is 0 Å². The Labute approximate surface area is 227 Å². The van der Waals surface area contributed by atoms with Gasteiger partial charge < -0.3 is 28.7 Å². The zero-order chi connectivity index (χ0) is 26.4. The second-order valence-electron chi connectivity index (χ2n) is 8.75. The highest BCUT2D eigenvalue weighted by atomic mass is 35.5. The van der Waals surface area contributed by atoms with Gasteiger partial charge in [0, 0.05) is 26.2 Å². The van der Waals surface area contributed by atoms with Crippen molar-refractivity contribution in [3.05, 3.63) is 81.3 Å². The van der Waals surface area contributed by atoms with E-state index in [0.717, 1.165) is 35.7 Å². The van der Waals surface area contributed by atoms with Gasteiger partial charge in [0.1, 0.15) is 24.7 Å². The average molecular weight is 545 g/mol. The summed E-state index contributed by atoms with van der Waals surface area (Å²) in [4.78, 5) is 17.3. The van der Waals surface area contributed by atoms with Gasteiger partial charge in [-0.15, -0.1) is 0 Å². The van der Waals surface area contributed by atoms with Gasteiger partial charge in [-0.25, -0.2) is 0 Å². The number of hydrogen-bond acceptors (Lipinski definition) is 6. The molecular weight excluding hydrogens is 515 g/mol. The molecule has 7 nitrogen and oxygen atoms in total. The van der Waals surface area contributed by atoms with Crippen LogP contribution in [-0.4, -0.2) is 63.2 Å². The molecule has 3 aromatic rings. The van der Waals surface area contributed by atoms with E-state index in [2.05, 4.69) is 4.90 Å². The fourth-order valence-corrected chi connectivity index (χ4v) is 4.46. The maximum absolute atomic E-state index is 13.4. The van der Waals surface area contributed by atoms with Gasteiger partial charge in [0.2, 0.25) is 0 Å². The number of carbonyl (C=O) groups is 1. The number of piperazine rings is 1. The summed E-state index contributed by atoms with van der Waals surface area (Å²) in [5, 5.41) is 0.423. The number of methoxy groups -OCH3 is 2. The summed E-state index contributed by atoms with van der Waals surface area (Å²) in [5.41, 5.74) is 2.09. The third kappa shape index (κ3) is 6.60. The van der Waals surface area contributed by atoms with Crippen LogP contribution in [0.25, 0.3) is 0 Å². The van der Waals surface area contributed by atoms with Crippen LogP contribution in [0.4, 0.5) is 0 Å². The Kier molecular flexibility index (Phi) is 9.03. The number of ether oxygens (including phenoxy) is 4. The van der Waals surface area contributed by atoms with Gasteiger partial charge in [-0.3, -0.25) is 4.79 Å². The standard InChI is InChI=1S/C28H30Cl2N2O5/c1-31-12-14-32(15-13-31)28(33)23-16-24(29)26(36-17-19-4-8-21(34-2)9-5-19)27(25(23)30)37-18-20-6-10-22(35-3)11-7-20/h4-11,16H,12-15,17-18H2,1-3H3. The van der Waals surface area contributed by atoms with E-state index in [1.54, 1.807) is 25.2 Å². The lowest BCUT2D eigenvalue weighted by atomic mass is 10.1. The number of likely N-dealkylation sites (N-methyl/N-ethyl adjacent to an activating group) is 1. The highest BCUT2D eigenvalue weighted by Crippen LogP contribution is 2.44. The van der Waals surface area contributed by atoms with Gasteiger partial charge in [0.25, 0.3) is 5.91 Å². The molecule has 1 aliphatic heterocycles. The van der Waals surface area contributed by atoms with Crippen LogP contribution >= 0.6 is 23.2 Å². The van der Waals surface area contributed by atoms with Crippen molar-refractivity contribution in [1.29, 1.82) is 0 Å². The van der Waals surface area contributed by atoms with E-state index in [9.17, 15) is 4.79 Å². The van der Waals surface area contributed by atoms with Gasteiger partial charge in [-0.05, 0) is 48.5 Å². The SMILES string of the molecule is COc1ccc(COc2c(Cl)cc(C(=O)N3CCN(C)CC3)c(Cl)c2OCc2ccc(OC)cc2)cc1. The number of nitrogens with zero attached hydrogens (tertiary/aromatic N) is 2. The van der Waals surface area contributed by atoms with Gasteiger partial charge >= 0.3 is 0 Å². The van der Waals surface area contributed by atoms with Crippen molar-refractivity contribution >= 4 is 29.1 Å². The predicted molar refractivity (Wildman–Crippen MR) is 145 cm³/mol. The van der Waals surface area contributed by atoms with E-state index in [0.29, 0.717) is 13.1 Å². The quantitative estimate of drug-likeness (QED) is 0.351. The fraction of sp³-hybridized carbons (Fsp3) is 0.321. The molecular formula is C28H30Cl2N2O5. The molecule has 196 valence electrons. The van der Waals surface area contributed by atoms with Crippen LogP contribution in [0.1, 0.15) is 21.5 Å². The Hall–Kier alpha value is -3.13. The minimum Gasteiger partial charge on any atom is -0.497 e. The summed E-state index contributed by atoms with van der Waals surface area (Å²) < 4.78 is 22.7. The molecule has 0 bridgehead atoms. The predicted octanol–water partition coefficient (Wildman–Crippen LogP) is 5.56. The molecule has 3 aromatic carbocycles. The molecule has 0 saturated carbocycles. The maximum atomic E-state index is 13.4. The second kappa shape index (κ2) is 12.4. The zero-order valence-corrected chi connectivity index (χ0v) is 22.6. The lowest BCUT2D eigenvalue weighted by Crippen LogP contribution is -2.47. The summed E-state index contributed by atoms with van der Waals surface area (Å²) in [6.07, 6.45) is 0. The largest absolute Gasteiger partial charge is 0.497 e. The van der Waals surface area contributed by atoms with Crippen LogP contribution in [-0.2, 0) is 13.2 Å². The topological polar surface area (TPSA) is 60.5 Å². The van der Waals surface area contributed by atoms with E-state index in [4.69, 9.17) is 42.1 Å². The molecule has 0 N–H and O–H groups in total. The second-order valence-corrected chi connectivity index (χ2v) is 9.53. The van der Waals surface area contributed by atoms with Crippen molar-refractivity contribution in [1.82, 2.24) is 9.80 Å². The lowest BCUT2D eigenvalue weighted by molar-refractivity contribution is 0.0663. The minimum absolute atomic E-state index is 0.173. The first-order chi connectivity index (χ1) is 17.9. The molecule has 0 radical (unpaired) electrons. The fourth-order valence-electron chi connectivity index (χ4n) is 3.94. The molecule has 1 fully saturated rings. The van der Waals surface area contributed by atoms with E-state index in [1.165, 1.54) is 0 Å². The van der Waals surface area contributed by atoms with Crippen LogP contribution < -0.4 is 18.9 Å². The summed E-state index contributed by atoms with van der Waals surface area (Å²) in [6, 6.07) is 16.6. The van der Waals surface area contributed by atoms with Crippen molar-refractivity contribution < 1.29 is 23.7 Å². The molecule has 0 unspecified atom stereocenters. The Balaban J connectivity index is 1.62. The molecule has 4 rings (SSSR count). The number of carbonyl (C=O) groups excluding carboxylic acids is 1. The van der Waals surface area contributed by atoms with Gasteiger partial charge in [-0.1, -0.05) is 47.5 Å². The first-order valence-electron chi connectivity index (χ1n) is 11.9. The van der Waals surface area contributed by atoms with Gasteiger partial charge in [0.15, 0.2) is 11.5 Å². The van der Waals surface area contributed by atoms with Crippen molar-refractivity contribution in [3.8, 4) is 23.0 Å². The van der Waals surface area contributed by atoms with Crippen LogP contribution in [0.5, 0.6) is 23.0 Å². The number of hydrogen-bond donors (Lipinski definition) is 0. The molecule has 37 heavy (non-hydrogen) atoms. The average Bonchev–Trinajstić information content (AvgIpc) is 2.93. The molecule has 0 aromatic heterocycles. The molecule has 1 aliphatic rings. The van der Waals surface area contributed by atoms with Crippen LogP contribution in [0.3, 0.4) is 0 Å².